The molecule has 0 unspecified atom stereocenters. The van der Waals surface area contributed by atoms with Crippen LogP contribution in [0.15, 0.2) is 164 Å². The minimum absolute atomic E-state index is 0.173. The van der Waals surface area contributed by atoms with Crippen LogP contribution in [0, 0.1) is 0 Å². The summed E-state index contributed by atoms with van der Waals surface area (Å²) in [5.74, 6) is 0.959. The van der Waals surface area contributed by atoms with Crippen LogP contribution in [-0.2, 0) is 5.41 Å². The molecule has 0 atom stereocenters. The van der Waals surface area contributed by atoms with Gasteiger partial charge in [0.2, 0.25) is 0 Å². The molecule has 232 valence electrons. The maximum absolute atomic E-state index is 5.16. The van der Waals surface area contributed by atoms with E-state index in [9.17, 15) is 0 Å². The van der Waals surface area contributed by atoms with Crippen molar-refractivity contribution in [3.05, 3.63) is 175 Å². The molecule has 3 heteroatoms. The van der Waals surface area contributed by atoms with Gasteiger partial charge in [0.15, 0.2) is 0 Å². The number of nitrogens with zero attached hydrogens (tertiary/aromatic N) is 3. The lowest BCUT2D eigenvalue weighted by Gasteiger charge is -2.22. The predicted octanol–water partition coefficient (Wildman–Crippen LogP) is 11.8. The Morgan fingerprint density at radius 2 is 1.14 bits per heavy atom. The summed E-state index contributed by atoms with van der Waals surface area (Å²) in [4.78, 5) is 5.16. The first-order valence-corrected chi connectivity index (χ1v) is 17.0. The molecular formula is C46H33N3. The number of para-hydroxylation sites is 4. The van der Waals surface area contributed by atoms with E-state index in [1.165, 1.54) is 66.6 Å². The molecular weight excluding hydrogens is 595 g/mol. The van der Waals surface area contributed by atoms with Gasteiger partial charge in [-0.05, 0) is 82.4 Å². The van der Waals surface area contributed by atoms with E-state index in [0.29, 0.717) is 0 Å². The van der Waals surface area contributed by atoms with Gasteiger partial charge in [0.05, 0.1) is 27.8 Å². The molecule has 10 rings (SSSR count). The summed E-state index contributed by atoms with van der Waals surface area (Å²) in [7, 11) is 0. The minimum Gasteiger partial charge on any atom is -0.309 e. The Morgan fingerprint density at radius 1 is 0.469 bits per heavy atom. The second kappa shape index (κ2) is 10.4. The lowest BCUT2D eigenvalue weighted by atomic mass is 9.81. The van der Waals surface area contributed by atoms with E-state index in [2.05, 4.69) is 187 Å². The van der Waals surface area contributed by atoms with Gasteiger partial charge in [0.1, 0.15) is 5.82 Å². The molecule has 49 heavy (non-hydrogen) atoms. The zero-order valence-electron chi connectivity index (χ0n) is 27.4. The van der Waals surface area contributed by atoms with Crippen LogP contribution in [-0.4, -0.2) is 14.1 Å². The number of aromatic nitrogens is 3. The van der Waals surface area contributed by atoms with Gasteiger partial charge in [0, 0.05) is 33.0 Å². The van der Waals surface area contributed by atoms with Crippen molar-refractivity contribution in [1.82, 2.24) is 14.1 Å². The van der Waals surface area contributed by atoms with Crippen molar-refractivity contribution in [3.63, 3.8) is 0 Å². The Bertz CT molecular complexity index is 2730. The zero-order valence-corrected chi connectivity index (χ0v) is 27.4. The average Bonchev–Trinajstić information content (AvgIpc) is 3.78. The number of hydrogen-bond acceptors (Lipinski definition) is 1. The van der Waals surface area contributed by atoms with Gasteiger partial charge in [-0.1, -0.05) is 123 Å². The fraction of sp³-hybridized carbons (Fsp3) is 0.0652. The maximum Gasteiger partial charge on any atom is 0.145 e. The van der Waals surface area contributed by atoms with Crippen LogP contribution >= 0.6 is 0 Å². The Kier molecular flexibility index (Phi) is 5.92. The summed E-state index contributed by atoms with van der Waals surface area (Å²) >= 11 is 0. The second-order valence-electron chi connectivity index (χ2n) is 13.6. The summed E-state index contributed by atoms with van der Waals surface area (Å²) in [5, 5.41) is 2.53. The Labute approximate surface area is 285 Å². The van der Waals surface area contributed by atoms with Crippen LogP contribution < -0.4 is 0 Å². The first-order valence-electron chi connectivity index (χ1n) is 17.0. The highest BCUT2D eigenvalue weighted by Gasteiger charge is 2.38. The number of rotatable bonds is 4. The molecule has 2 heterocycles. The lowest BCUT2D eigenvalue weighted by Crippen LogP contribution is -2.15. The number of fused-ring (bicyclic) bond motifs is 7. The molecule has 2 aromatic heterocycles. The van der Waals surface area contributed by atoms with Crippen LogP contribution in [0.5, 0.6) is 0 Å². The largest absolute Gasteiger partial charge is 0.309 e. The van der Waals surface area contributed by atoms with Crippen LogP contribution in [0.25, 0.3) is 77.9 Å². The van der Waals surface area contributed by atoms with Gasteiger partial charge < -0.3 is 4.57 Å². The summed E-state index contributed by atoms with van der Waals surface area (Å²) in [6.07, 6.45) is 0. The van der Waals surface area contributed by atoms with Crippen LogP contribution in [0.4, 0.5) is 0 Å². The average molecular weight is 628 g/mol. The molecule has 0 saturated heterocycles. The topological polar surface area (TPSA) is 22.8 Å². The maximum atomic E-state index is 5.16. The molecule has 7 aromatic carbocycles. The van der Waals surface area contributed by atoms with E-state index < -0.39 is 0 Å². The monoisotopic (exact) mass is 627 g/mol. The molecule has 0 saturated carbocycles. The lowest BCUT2D eigenvalue weighted by molar-refractivity contribution is 0.660. The molecule has 0 radical (unpaired) electrons. The quantitative estimate of drug-likeness (QED) is 0.190. The fourth-order valence-corrected chi connectivity index (χ4v) is 8.19. The zero-order chi connectivity index (χ0) is 32.7. The van der Waals surface area contributed by atoms with Crippen molar-refractivity contribution in [3.8, 4) is 45.0 Å². The third-order valence-electron chi connectivity index (χ3n) is 10.5. The van der Waals surface area contributed by atoms with E-state index in [1.54, 1.807) is 0 Å². The highest BCUT2D eigenvalue weighted by atomic mass is 15.1. The predicted molar refractivity (Wildman–Crippen MR) is 204 cm³/mol. The van der Waals surface area contributed by atoms with E-state index in [0.717, 1.165) is 22.4 Å². The molecule has 1 aliphatic carbocycles. The van der Waals surface area contributed by atoms with Crippen molar-refractivity contribution < 1.29 is 0 Å². The first-order chi connectivity index (χ1) is 24.1. The van der Waals surface area contributed by atoms with Crippen molar-refractivity contribution in [2.75, 3.05) is 0 Å². The number of benzene rings is 7. The van der Waals surface area contributed by atoms with E-state index in [1.807, 2.05) is 0 Å². The van der Waals surface area contributed by atoms with Gasteiger partial charge in [-0.15, -0.1) is 0 Å². The fourth-order valence-electron chi connectivity index (χ4n) is 8.19. The molecule has 3 nitrogen and oxygen atoms in total. The van der Waals surface area contributed by atoms with Crippen molar-refractivity contribution in [2.45, 2.75) is 19.3 Å². The Hall–Kier alpha value is -6.19. The smallest absolute Gasteiger partial charge is 0.145 e. The number of imidazole rings is 1. The summed E-state index contributed by atoms with van der Waals surface area (Å²) in [6, 6.07) is 59.2. The van der Waals surface area contributed by atoms with Crippen LogP contribution in [0.3, 0.4) is 0 Å². The third kappa shape index (κ3) is 4.06. The molecule has 0 fully saturated rings. The normalized spacial score (nSPS) is 13.3. The van der Waals surface area contributed by atoms with E-state index >= 15 is 0 Å². The highest BCUT2D eigenvalue weighted by molar-refractivity contribution is 6.10. The number of hydrogen-bond donors (Lipinski definition) is 0. The highest BCUT2D eigenvalue weighted by Crippen LogP contribution is 2.52. The Balaban J connectivity index is 1.16. The van der Waals surface area contributed by atoms with Crippen molar-refractivity contribution >= 4 is 32.8 Å². The second-order valence-corrected chi connectivity index (χ2v) is 13.6. The van der Waals surface area contributed by atoms with Gasteiger partial charge in [-0.25, -0.2) is 4.98 Å². The molecule has 0 spiro atoms. The van der Waals surface area contributed by atoms with Gasteiger partial charge in [0.25, 0.3) is 0 Å². The van der Waals surface area contributed by atoms with Crippen molar-refractivity contribution in [2.24, 2.45) is 0 Å². The molecule has 9 aromatic rings. The van der Waals surface area contributed by atoms with Crippen LogP contribution in [0.2, 0.25) is 0 Å². The summed E-state index contributed by atoms with van der Waals surface area (Å²) in [6.45, 7) is 4.73. The summed E-state index contributed by atoms with van der Waals surface area (Å²) < 4.78 is 4.74. The molecule has 0 bridgehead atoms. The SMILES string of the molecule is CC1(C)c2cc(-c3ccc4c(c3)c3ccccc3n4-c3ccccc3)ccc2-c2c(-n3c(-c4ccccc4)nc4ccccc43)cccc21. The van der Waals surface area contributed by atoms with Gasteiger partial charge >= 0.3 is 0 Å². The Morgan fingerprint density at radius 3 is 1.98 bits per heavy atom. The van der Waals surface area contributed by atoms with Gasteiger partial charge in [-0.3, -0.25) is 4.57 Å². The molecule has 0 aliphatic heterocycles. The third-order valence-corrected chi connectivity index (χ3v) is 10.5. The minimum atomic E-state index is -0.173. The summed E-state index contributed by atoms with van der Waals surface area (Å²) in [5.41, 5.74) is 15.6. The van der Waals surface area contributed by atoms with Gasteiger partial charge in [-0.2, -0.15) is 0 Å². The van der Waals surface area contributed by atoms with Crippen LogP contribution in [0.1, 0.15) is 25.0 Å². The van der Waals surface area contributed by atoms with E-state index in [4.69, 9.17) is 4.98 Å². The molecule has 1 aliphatic rings. The molecule has 0 amide bonds. The first kappa shape index (κ1) is 27.9. The van der Waals surface area contributed by atoms with Crippen molar-refractivity contribution in [1.29, 1.82) is 0 Å². The van der Waals surface area contributed by atoms with E-state index in [-0.39, 0.29) is 5.41 Å². The molecule has 0 N–H and O–H groups in total. The standard InChI is InChI=1S/C46H33N3/c1-46(2)37-19-13-23-43(49-42-22-12-10-20-39(42)47-45(49)30-14-5-3-6-15-30)44(37)35-26-24-32(29-38(35)46)31-25-27-41-36(28-31)34-18-9-11-21-40(34)48(41)33-16-7-4-8-17-33/h3-29H,1-2H3.